The van der Waals surface area contributed by atoms with Gasteiger partial charge < -0.3 is 14.8 Å². The fraction of sp³-hybridized carbons (Fsp3) is 0.133. The molecule has 0 saturated carbocycles. The number of nitrogens with one attached hydrogen (secondary N) is 1. The molecule has 0 spiro atoms. The lowest BCUT2D eigenvalue weighted by Gasteiger charge is -2.20. The third-order valence-electron chi connectivity index (χ3n) is 3.00. The van der Waals surface area contributed by atoms with E-state index < -0.39 is 0 Å². The third-order valence-corrected chi connectivity index (χ3v) is 3.98. The topological polar surface area (TPSA) is 47.6 Å². The highest BCUT2D eigenvalue weighted by Crippen LogP contribution is 2.38. The zero-order valence-corrected chi connectivity index (χ0v) is 13.2. The molecule has 0 atom stereocenters. The minimum absolute atomic E-state index is 0.280. The molecule has 1 N–H and O–H groups in total. The first-order valence-corrected chi connectivity index (χ1v) is 7.47. The van der Waals surface area contributed by atoms with Crippen LogP contribution in [0.15, 0.2) is 40.9 Å². The van der Waals surface area contributed by atoms with Gasteiger partial charge in [-0.1, -0.05) is 23.7 Å². The largest absolute Gasteiger partial charge is 0.486 e. The average Bonchev–Trinajstić information content (AvgIpc) is 2.48. The van der Waals surface area contributed by atoms with Gasteiger partial charge in [0.05, 0.1) is 16.3 Å². The molecular formula is C15H11BrClNO3. The average molecular weight is 369 g/mol. The van der Waals surface area contributed by atoms with Crippen molar-refractivity contribution in [1.82, 2.24) is 0 Å². The van der Waals surface area contributed by atoms with Gasteiger partial charge in [0.2, 0.25) is 0 Å². The summed E-state index contributed by atoms with van der Waals surface area (Å²) in [6.45, 7) is 1.01. The van der Waals surface area contributed by atoms with Crippen molar-refractivity contribution < 1.29 is 14.3 Å². The highest BCUT2D eigenvalue weighted by atomic mass is 79.9. The van der Waals surface area contributed by atoms with E-state index in [0.29, 0.717) is 45.5 Å². The van der Waals surface area contributed by atoms with Crippen molar-refractivity contribution in [2.24, 2.45) is 0 Å². The van der Waals surface area contributed by atoms with Gasteiger partial charge in [-0.05, 0) is 28.1 Å². The monoisotopic (exact) mass is 367 g/mol. The van der Waals surface area contributed by atoms with Gasteiger partial charge in [0.1, 0.15) is 13.2 Å². The SMILES string of the molecule is O=C(Nc1cc2c(cc1Br)OCCO2)c1ccccc1Cl. The second-order valence-corrected chi connectivity index (χ2v) is 5.67. The molecule has 21 heavy (non-hydrogen) atoms. The lowest BCUT2D eigenvalue weighted by Crippen LogP contribution is -2.17. The summed E-state index contributed by atoms with van der Waals surface area (Å²) in [4.78, 5) is 12.3. The highest BCUT2D eigenvalue weighted by Gasteiger charge is 2.17. The summed E-state index contributed by atoms with van der Waals surface area (Å²) in [5.74, 6) is 0.987. The van der Waals surface area contributed by atoms with Crippen LogP contribution in [0, 0.1) is 0 Å². The summed E-state index contributed by atoms with van der Waals surface area (Å²) in [6.07, 6.45) is 0. The molecule has 108 valence electrons. The van der Waals surface area contributed by atoms with Gasteiger partial charge in [-0.2, -0.15) is 0 Å². The molecule has 2 aromatic rings. The van der Waals surface area contributed by atoms with E-state index in [-0.39, 0.29) is 5.91 Å². The quantitative estimate of drug-likeness (QED) is 0.867. The number of amides is 1. The number of anilines is 1. The van der Waals surface area contributed by atoms with Gasteiger partial charge in [0.25, 0.3) is 5.91 Å². The van der Waals surface area contributed by atoms with Crippen LogP contribution in [0.4, 0.5) is 5.69 Å². The van der Waals surface area contributed by atoms with Crippen LogP contribution in [0.5, 0.6) is 11.5 Å². The summed E-state index contributed by atoms with van der Waals surface area (Å²) in [6, 6.07) is 10.4. The highest BCUT2D eigenvalue weighted by molar-refractivity contribution is 9.10. The third kappa shape index (κ3) is 2.99. The van der Waals surface area contributed by atoms with Crippen LogP contribution in [0.25, 0.3) is 0 Å². The Morgan fingerprint density at radius 1 is 1.14 bits per heavy atom. The molecule has 0 aromatic heterocycles. The Balaban J connectivity index is 1.88. The summed E-state index contributed by atoms with van der Waals surface area (Å²) >= 11 is 9.43. The molecule has 0 bridgehead atoms. The fourth-order valence-electron chi connectivity index (χ4n) is 1.99. The van der Waals surface area contributed by atoms with E-state index in [1.54, 1.807) is 36.4 Å². The number of fused-ring (bicyclic) bond motifs is 1. The maximum absolute atomic E-state index is 12.3. The number of halogens is 2. The van der Waals surface area contributed by atoms with Crippen molar-refractivity contribution in [3.63, 3.8) is 0 Å². The lowest BCUT2D eigenvalue weighted by molar-refractivity contribution is 0.102. The molecule has 6 heteroatoms. The molecule has 0 aliphatic carbocycles. The zero-order chi connectivity index (χ0) is 14.8. The first-order valence-electron chi connectivity index (χ1n) is 6.30. The first-order chi connectivity index (χ1) is 10.1. The Morgan fingerprint density at radius 2 is 1.81 bits per heavy atom. The maximum atomic E-state index is 12.3. The Bertz CT molecular complexity index is 705. The number of hydrogen-bond donors (Lipinski definition) is 1. The van der Waals surface area contributed by atoms with Crippen LogP contribution in [0.3, 0.4) is 0 Å². The van der Waals surface area contributed by atoms with Gasteiger partial charge in [-0.25, -0.2) is 0 Å². The molecular weight excluding hydrogens is 358 g/mol. The van der Waals surface area contributed by atoms with Gasteiger partial charge in [0, 0.05) is 16.6 Å². The van der Waals surface area contributed by atoms with Crippen molar-refractivity contribution in [1.29, 1.82) is 0 Å². The maximum Gasteiger partial charge on any atom is 0.257 e. The van der Waals surface area contributed by atoms with Crippen LogP contribution in [-0.4, -0.2) is 19.1 Å². The van der Waals surface area contributed by atoms with Crippen LogP contribution in [0.2, 0.25) is 5.02 Å². The normalized spacial score (nSPS) is 12.9. The minimum Gasteiger partial charge on any atom is -0.486 e. The molecule has 1 heterocycles. The molecule has 0 radical (unpaired) electrons. The van der Waals surface area contributed by atoms with E-state index in [1.807, 2.05) is 0 Å². The van der Waals surface area contributed by atoms with E-state index in [4.69, 9.17) is 21.1 Å². The second-order valence-electron chi connectivity index (χ2n) is 4.41. The van der Waals surface area contributed by atoms with Crippen molar-refractivity contribution >= 4 is 39.1 Å². The van der Waals surface area contributed by atoms with Crippen LogP contribution in [-0.2, 0) is 0 Å². The van der Waals surface area contributed by atoms with E-state index in [0.717, 1.165) is 0 Å². The van der Waals surface area contributed by atoms with E-state index >= 15 is 0 Å². The van der Waals surface area contributed by atoms with Gasteiger partial charge in [0.15, 0.2) is 11.5 Å². The zero-order valence-electron chi connectivity index (χ0n) is 10.9. The minimum atomic E-state index is -0.280. The Morgan fingerprint density at radius 3 is 2.52 bits per heavy atom. The van der Waals surface area contributed by atoms with Crippen molar-refractivity contribution in [3.8, 4) is 11.5 Å². The van der Waals surface area contributed by atoms with Gasteiger partial charge >= 0.3 is 0 Å². The number of rotatable bonds is 2. The number of carbonyl (C=O) groups is 1. The van der Waals surface area contributed by atoms with Crippen LogP contribution >= 0.6 is 27.5 Å². The molecule has 1 aliphatic heterocycles. The van der Waals surface area contributed by atoms with Crippen molar-refractivity contribution in [2.45, 2.75) is 0 Å². The fourth-order valence-corrected chi connectivity index (χ4v) is 2.64. The molecule has 0 saturated heterocycles. The lowest BCUT2D eigenvalue weighted by atomic mass is 10.2. The summed E-state index contributed by atoms with van der Waals surface area (Å²) in [5.41, 5.74) is 1.02. The smallest absolute Gasteiger partial charge is 0.257 e. The van der Waals surface area contributed by atoms with Crippen molar-refractivity contribution in [2.75, 3.05) is 18.5 Å². The number of benzene rings is 2. The summed E-state index contributed by atoms with van der Waals surface area (Å²) in [7, 11) is 0. The second kappa shape index (κ2) is 5.95. The number of carbonyl (C=O) groups excluding carboxylic acids is 1. The Labute approximate surface area is 135 Å². The molecule has 0 unspecified atom stereocenters. The van der Waals surface area contributed by atoms with E-state index in [2.05, 4.69) is 21.2 Å². The molecule has 1 amide bonds. The molecule has 3 rings (SSSR count). The number of ether oxygens (including phenoxy) is 2. The number of hydrogen-bond acceptors (Lipinski definition) is 3. The molecule has 1 aliphatic rings. The standard InChI is InChI=1S/C15H11BrClNO3/c16-10-7-13-14(21-6-5-20-13)8-12(10)18-15(19)9-3-1-2-4-11(9)17/h1-4,7-8H,5-6H2,(H,18,19). The molecule has 4 nitrogen and oxygen atoms in total. The van der Waals surface area contributed by atoms with Crippen LogP contribution < -0.4 is 14.8 Å². The van der Waals surface area contributed by atoms with Crippen LogP contribution in [0.1, 0.15) is 10.4 Å². The predicted octanol–water partition coefficient (Wildman–Crippen LogP) is 4.13. The van der Waals surface area contributed by atoms with Crippen molar-refractivity contribution in [3.05, 3.63) is 51.5 Å². The first kappa shape index (κ1) is 14.2. The molecule has 0 fully saturated rings. The van der Waals surface area contributed by atoms with E-state index in [9.17, 15) is 4.79 Å². The van der Waals surface area contributed by atoms with Gasteiger partial charge in [-0.15, -0.1) is 0 Å². The molecule has 2 aromatic carbocycles. The Kier molecular flexibility index (Phi) is 4.03. The summed E-state index contributed by atoms with van der Waals surface area (Å²) < 4.78 is 11.7. The predicted molar refractivity (Wildman–Crippen MR) is 84.5 cm³/mol. The summed E-state index contributed by atoms with van der Waals surface area (Å²) in [5, 5.41) is 3.22. The Hall–Kier alpha value is -1.72. The van der Waals surface area contributed by atoms with Gasteiger partial charge in [-0.3, -0.25) is 4.79 Å². The van der Waals surface area contributed by atoms with E-state index in [1.165, 1.54) is 0 Å².